The number of halogens is 1. The molecule has 0 aliphatic carbocycles. The number of nitrogens with one attached hydrogen (secondary N) is 3. The molecule has 0 aliphatic heterocycles. The summed E-state index contributed by atoms with van der Waals surface area (Å²) in [7, 11) is -3.67. The summed E-state index contributed by atoms with van der Waals surface area (Å²) in [5.41, 5.74) is 1.81. The minimum Gasteiger partial charge on any atom is -0.492 e. The van der Waals surface area contributed by atoms with Gasteiger partial charge in [-0.25, -0.2) is 13.1 Å². The fourth-order valence-corrected chi connectivity index (χ4v) is 4.80. The molecule has 0 fully saturated rings. The van der Waals surface area contributed by atoms with Gasteiger partial charge >= 0.3 is 0 Å². The summed E-state index contributed by atoms with van der Waals surface area (Å²) in [6.45, 7) is 5.05. The van der Waals surface area contributed by atoms with Crippen molar-refractivity contribution in [1.82, 2.24) is 10.0 Å². The van der Waals surface area contributed by atoms with Crippen LogP contribution >= 0.6 is 28.1 Å². The van der Waals surface area contributed by atoms with Crippen LogP contribution in [0, 0.1) is 5.92 Å². The Morgan fingerprint density at radius 3 is 2.36 bits per heavy atom. The Kier molecular flexibility index (Phi) is 10.0. The number of rotatable bonds is 10. The molecule has 7 nitrogen and oxygen atoms in total. The second-order valence-corrected chi connectivity index (χ2v) is 11.4. The van der Waals surface area contributed by atoms with Crippen LogP contribution in [0.15, 0.2) is 82.2 Å². The summed E-state index contributed by atoms with van der Waals surface area (Å²) in [4.78, 5) is 12.7. The minimum absolute atomic E-state index is 0.0891. The third-order valence-corrected chi connectivity index (χ3v) is 7.35. The van der Waals surface area contributed by atoms with Crippen molar-refractivity contribution in [2.45, 2.75) is 31.7 Å². The topological polar surface area (TPSA) is 96.5 Å². The maximum Gasteiger partial charge on any atom is 0.257 e. The summed E-state index contributed by atoms with van der Waals surface area (Å²) >= 11 is 8.69. The van der Waals surface area contributed by atoms with Crippen molar-refractivity contribution < 1.29 is 17.9 Å². The first-order valence-corrected chi connectivity index (χ1v) is 14.0. The fourth-order valence-electron chi connectivity index (χ4n) is 3.08. The number of sulfonamides is 1. The molecule has 10 heteroatoms. The van der Waals surface area contributed by atoms with Gasteiger partial charge in [-0.1, -0.05) is 44.2 Å². The molecule has 3 rings (SSSR count). The van der Waals surface area contributed by atoms with E-state index in [1.807, 2.05) is 30.3 Å². The van der Waals surface area contributed by atoms with Crippen LogP contribution in [0.1, 0.15) is 36.2 Å². The van der Waals surface area contributed by atoms with Gasteiger partial charge in [0.25, 0.3) is 5.91 Å². The number of carbonyl (C=O) groups excluding carboxylic acids is 1. The van der Waals surface area contributed by atoms with E-state index in [4.69, 9.17) is 17.0 Å². The van der Waals surface area contributed by atoms with E-state index in [2.05, 4.69) is 45.1 Å². The van der Waals surface area contributed by atoms with E-state index in [9.17, 15) is 13.2 Å². The molecule has 36 heavy (non-hydrogen) atoms. The zero-order valence-electron chi connectivity index (χ0n) is 20.0. The Labute approximate surface area is 225 Å². The molecule has 0 radical (unpaired) electrons. The number of ether oxygens (including phenoxy) is 1. The first-order chi connectivity index (χ1) is 17.1. The molecule has 3 N–H and O–H groups in total. The van der Waals surface area contributed by atoms with Crippen LogP contribution < -0.4 is 20.1 Å². The van der Waals surface area contributed by atoms with Crippen LogP contribution in [0.2, 0.25) is 0 Å². The molecule has 0 bridgehead atoms. The highest BCUT2D eigenvalue weighted by Gasteiger charge is 2.15. The van der Waals surface area contributed by atoms with Crippen molar-refractivity contribution in [2.75, 3.05) is 11.9 Å². The number of carbonyl (C=O) groups is 1. The molecule has 0 aromatic heterocycles. The van der Waals surface area contributed by atoms with Gasteiger partial charge in [-0.15, -0.1) is 0 Å². The van der Waals surface area contributed by atoms with Gasteiger partial charge < -0.3 is 10.1 Å². The number of thiocarbonyl (C=S) groups is 1. The quantitative estimate of drug-likeness (QED) is 0.271. The predicted molar refractivity (Wildman–Crippen MR) is 150 cm³/mol. The maximum atomic E-state index is 12.6. The highest BCUT2D eigenvalue weighted by atomic mass is 79.9. The largest absolute Gasteiger partial charge is 0.492 e. The summed E-state index contributed by atoms with van der Waals surface area (Å²) < 4.78 is 34.1. The molecule has 0 saturated heterocycles. The zero-order valence-corrected chi connectivity index (χ0v) is 23.2. The molecule has 0 unspecified atom stereocenters. The minimum atomic E-state index is -3.67. The molecule has 0 aliphatic rings. The van der Waals surface area contributed by atoms with Crippen LogP contribution in [0.5, 0.6) is 5.75 Å². The van der Waals surface area contributed by atoms with E-state index in [1.165, 1.54) is 12.1 Å². The van der Waals surface area contributed by atoms with Gasteiger partial charge in [0.1, 0.15) is 5.75 Å². The van der Waals surface area contributed by atoms with Crippen molar-refractivity contribution in [1.29, 1.82) is 0 Å². The van der Waals surface area contributed by atoms with Crippen molar-refractivity contribution >= 4 is 54.9 Å². The smallest absolute Gasteiger partial charge is 0.257 e. The molecule has 190 valence electrons. The number of anilines is 1. The van der Waals surface area contributed by atoms with Crippen LogP contribution in [-0.4, -0.2) is 26.0 Å². The number of benzene rings is 3. The molecular weight excluding hydrogens is 562 g/mol. The van der Waals surface area contributed by atoms with Crippen molar-refractivity contribution in [3.8, 4) is 5.75 Å². The van der Waals surface area contributed by atoms with E-state index in [1.54, 1.807) is 30.3 Å². The number of hydrogen-bond donors (Lipinski definition) is 3. The fraction of sp³-hybridized carbons (Fsp3) is 0.231. The normalized spacial score (nSPS) is 11.2. The Bertz CT molecular complexity index is 1300. The molecule has 1 amide bonds. The molecule has 0 spiro atoms. The third-order valence-electron chi connectivity index (χ3n) is 5.11. The Hall–Kier alpha value is -2.79. The van der Waals surface area contributed by atoms with E-state index >= 15 is 0 Å². The second-order valence-electron chi connectivity index (χ2n) is 8.42. The van der Waals surface area contributed by atoms with Crippen LogP contribution in [-0.2, 0) is 16.6 Å². The van der Waals surface area contributed by atoms with Crippen LogP contribution in [0.4, 0.5) is 5.69 Å². The van der Waals surface area contributed by atoms with E-state index < -0.39 is 10.0 Å². The molecular formula is C26H28BrN3O4S2. The van der Waals surface area contributed by atoms with E-state index in [0.717, 1.165) is 12.0 Å². The standard InChI is InChI=1S/C26H28BrN3O4S2/c1-18(2)14-15-34-24-13-8-20(16-23(24)27)25(31)30-26(35)29-21-9-11-22(12-10-21)36(32,33)28-17-19-6-4-3-5-7-19/h3-13,16,18,28H,14-15,17H2,1-2H3,(H2,29,30,31,35). The molecule has 0 atom stereocenters. The van der Waals surface area contributed by atoms with Gasteiger partial charge in [0.2, 0.25) is 10.0 Å². The van der Waals surface area contributed by atoms with Crippen molar-refractivity contribution in [3.63, 3.8) is 0 Å². The van der Waals surface area contributed by atoms with Crippen LogP contribution in [0.3, 0.4) is 0 Å². The lowest BCUT2D eigenvalue weighted by Gasteiger charge is -2.12. The summed E-state index contributed by atoms with van der Waals surface area (Å²) in [5, 5.41) is 5.60. The van der Waals surface area contributed by atoms with E-state index in [0.29, 0.717) is 34.0 Å². The summed E-state index contributed by atoms with van der Waals surface area (Å²) in [6, 6.07) is 20.4. The monoisotopic (exact) mass is 589 g/mol. The van der Waals surface area contributed by atoms with E-state index in [-0.39, 0.29) is 22.5 Å². The van der Waals surface area contributed by atoms with Crippen molar-refractivity contribution in [3.05, 3.63) is 88.4 Å². The highest BCUT2D eigenvalue weighted by Crippen LogP contribution is 2.26. The average Bonchev–Trinajstić information content (AvgIpc) is 2.84. The summed E-state index contributed by atoms with van der Waals surface area (Å²) in [5.74, 6) is 0.826. The number of hydrogen-bond acceptors (Lipinski definition) is 5. The van der Waals surface area contributed by atoms with Gasteiger partial charge in [-0.05, 0) is 88.5 Å². The second kappa shape index (κ2) is 13.0. The molecule has 0 heterocycles. The molecule has 3 aromatic rings. The molecule has 3 aromatic carbocycles. The lowest BCUT2D eigenvalue weighted by molar-refractivity contribution is 0.0977. The Morgan fingerprint density at radius 2 is 1.72 bits per heavy atom. The van der Waals surface area contributed by atoms with Gasteiger partial charge in [-0.2, -0.15) is 0 Å². The van der Waals surface area contributed by atoms with Crippen molar-refractivity contribution in [2.24, 2.45) is 5.92 Å². The highest BCUT2D eigenvalue weighted by molar-refractivity contribution is 9.10. The van der Waals surface area contributed by atoms with Crippen LogP contribution in [0.25, 0.3) is 0 Å². The lowest BCUT2D eigenvalue weighted by Crippen LogP contribution is -2.34. The predicted octanol–water partition coefficient (Wildman–Crippen LogP) is 5.48. The summed E-state index contributed by atoms with van der Waals surface area (Å²) in [6.07, 6.45) is 0.936. The zero-order chi connectivity index (χ0) is 26.1. The Balaban J connectivity index is 1.53. The SMILES string of the molecule is CC(C)CCOc1ccc(C(=O)NC(=S)Nc2ccc(S(=O)(=O)NCc3ccccc3)cc2)cc1Br. The van der Waals surface area contributed by atoms with Gasteiger partial charge in [0, 0.05) is 17.8 Å². The lowest BCUT2D eigenvalue weighted by atomic mass is 10.1. The van der Waals surface area contributed by atoms with Gasteiger partial charge in [0.05, 0.1) is 16.0 Å². The molecule has 0 saturated carbocycles. The Morgan fingerprint density at radius 1 is 1.03 bits per heavy atom. The third kappa shape index (κ3) is 8.41. The average molecular weight is 591 g/mol. The van der Waals surface area contributed by atoms with Gasteiger partial charge in [0.15, 0.2) is 5.11 Å². The maximum absolute atomic E-state index is 12.6. The van der Waals surface area contributed by atoms with Gasteiger partial charge in [-0.3, -0.25) is 10.1 Å². The first-order valence-electron chi connectivity index (χ1n) is 11.3. The first kappa shape index (κ1) is 27.8. The number of amides is 1.